The maximum atomic E-state index is 11.7. The number of carbonyl (C=O) groups excluding carboxylic acids is 2. The maximum Gasteiger partial charge on any atom is 0.319 e. The van der Waals surface area contributed by atoms with Crippen molar-refractivity contribution >= 4 is 46.6 Å². The van der Waals surface area contributed by atoms with Crippen LogP contribution in [0.4, 0.5) is 21.0 Å². The van der Waals surface area contributed by atoms with E-state index in [-0.39, 0.29) is 25.2 Å². The third-order valence-corrected chi connectivity index (χ3v) is 3.33. The van der Waals surface area contributed by atoms with E-state index in [1.807, 2.05) is 0 Å². The molecule has 0 saturated carbocycles. The van der Waals surface area contributed by atoms with E-state index in [9.17, 15) is 9.59 Å². The first-order chi connectivity index (χ1) is 11.5. The number of urea groups is 2. The standard InChI is InChI=1S/C16H16Cl2N4O2/c17-11-3-1-5-13(9-11)21-15(23)19-7-8-20-16(24)22-14-6-2-4-12(18)10-14/h1-6,9-10H,7-8H2,(H2,19,21,23)(H2,20,22,24). The van der Waals surface area contributed by atoms with E-state index < -0.39 is 0 Å². The predicted octanol–water partition coefficient (Wildman–Crippen LogP) is 3.94. The lowest BCUT2D eigenvalue weighted by molar-refractivity contribution is 0.248. The number of rotatable bonds is 5. The van der Waals surface area contributed by atoms with Crippen molar-refractivity contribution in [2.24, 2.45) is 0 Å². The van der Waals surface area contributed by atoms with Gasteiger partial charge in [-0.2, -0.15) is 0 Å². The molecule has 0 atom stereocenters. The molecule has 0 aliphatic heterocycles. The fraction of sp³-hybridized carbons (Fsp3) is 0.125. The van der Waals surface area contributed by atoms with Crippen LogP contribution in [-0.4, -0.2) is 25.2 Å². The van der Waals surface area contributed by atoms with Gasteiger partial charge in [0.25, 0.3) is 0 Å². The van der Waals surface area contributed by atoms with Gasteiger partial charge in [0.2, 0.25) is 0 Å². The first kappa shape index (κ1) is 17.9. The second-order valence-electron chi connectivity index (χ2n) is 4.78. The van der Waals surface area contributed by atoms with Crippen molar-refractivity contribution in [3.8, 4) is 0 Å². The van der Waals surface area contributed by atoms with Crippen LogP contribution < -0.4 is 21.3 Å². The van der Waals surface area contributed by atoms with Crippen molar-refractivity contribution in [1.29, 1.82) is 0 Å². The maximum absolute atomic E-state index is 11.7. The van der Waals surface area contributed by atoms with Crippen LogP contribution in [0.2, 0.25) is 10.0 Å². The average molecular weight is 367 g/mol. The van der Waals surface area contributed by atoms with Crippen molar-refractivity contribution < 1.29 is 9.59 Å². The fourth-order valence-corrected chi connectivity index (χ4v) is 2.22. The molecule has 0 bridgehead atoms. The molecule has 0 unspecified atom stereocenters. The zero-order valence-electron chi connectivity index (χ0n) is 12.6. The molecule has 4 amide bonds. The van der Waals surface area contributed by atoms with Gasteiger partial charge in [-0.3, -0.25) is 0 Å². The number of nitrogens with one attached hydrogen (secondary N) is 4. The van der Waals surface area contributed by atoms with Crippen LogP contribution in [-0.2, 0) is 0 Å². The Kier molecular flexibility index (Phi) is 6.72. The molecule has 0 saturated heterocycles. The molecule has 126 valence electrons. The van der Waals surface area contributed by atoms with Gasteiger partial charge in [-0.25, -0.2) is 9.59 Å². The summed E-state index contributed by atoms with van der Waals surface area (Å²) in [5.41, 5.74) is 1.18. The summed E-state index contributed by atoms with van der Waals surface area (Å²) in [4.78, 5) is 23.4. The van der Waals surface area contributed by atoms with Gasteiger partial charge in [-0.15, -0.1) is 0 Å². The summed E-state index contributed by atoms with van der Waals surface area (Å²) in [5.74, 6) is 0. The highest BCUT2D eigenvalue weighted by Gasteiger charge is 2.03. The molecule has 2 rings (SSSR count). The molecule has 0 aliphatic rings. The van der Waals surface area contributed by atoms with Crippen molar-refractivity contribution in [2.45, 2.75) is 0 Å². The van der Waals surface area contributed by atoms with E-state index in [1.54, 1.807) is 48.5 Å². The zero-order chi connectivity index (χ0) is 17.4. The molecule has 0 fully saturated rings. The Morgan fingerprint density at radius 3 is 1.54 bits per heavy atom. The van der Waals surface area contributed by atoms with E-state index >= 15 is 0 Å². The summed E-state index contributed by atoms with van der Waals surface area (Å²) in [6.07, 6.45) is 0. The number of hydrogen-bond donors (Lipinski definition) is 4. The van der Waals surface area contributed by atoms with E-state index in [2.05, 4.69) is 21.3 Å². The van der Waals surface area contributed by atoms with Crippen LogP contribution in [0.25, 0.3) is 0 Å². The first-order valence-corrected chi connectivity index (χ1v) is 7.89. The minimum absolute atomic E-state index is 0.273. The lowest BCUT2D eigenvalue weighted by Crippen LogP contribution is -2.38. The second-order valence-corrected chi connectivity index (χ2v) is 5.66. The van der Waals surface area contributed by atoms with Crippen LogP contribution in [0.5, 0.6) is 0 Å². The number of anilines is 2. The third kappa shape index (κ3) is 6.36. The third-order valence-electron chi connectivity index (χ3n) is 2.86. The molecule has 0 heterocycles. The van der Waals surface area contributed by atoms with Crippen molar-refractivity contribution in [2.75, 3.05) is 23.7 Å². The number of benzene rings is 2. The van der Waals surface area contributed by atoms with Gasteiger partial charge in [0.15, 0.2) is 0 Å². The topological polar surface area (TPSA) is 82.3 Å². The Labute approximate surface area is 149 Å². The summed E-state index contributed by atoms with van der Waals surface area (Å²) in [6.45, 7) is 0.546. The monoisotopic (exact) mass is 366 g/mol. The van der Waals surface area contributed by atoms with E-state index in [0.717, 1.165) is 0 Å². The highest BCUT2D eigenvalue weighted by Crippen LogP contribution is 2.15. The first-order valence-electron chi connectivity index (χ1n) is 7.14. The van der Waals surface area contributed by atoms with Crippen LogP contribution in [0, 0.1) is 0 Å². The van der Waals surface area contributed by atoms with Gasteiger partial charge in [-0.05, 0) is 36.4 Å². The Balaban J connectivity index is 1.65. The lowest BCUT2D eigenvalue weighted by atomic mass is 10.3. The fourth-order valence-electron chi connectivity index (χ4n) is 1.84. The predicted molar refractivity (Wildman–Crippen MR) is 96.9 cm³/mol. The highest BCUT2D eigenvalue weighted by atomic mass is 35.5. The van der Waals surface area contributed by atoms with Crippen molar-refractivity contribution in [3.05, 3.63) is 58.6 Å². The Bertz CT molecular complexity index is 663. The van der Waals surface area contributed by atoms with Gasteiger partial charge in [0, 0.05) is 34.5 Å². The summed E-state index contributed by atoms with van der Waals surface area (Å²) >= 11 is 11.7. The Morgan fingerprint density at radius 2 is 1.17 bits per heavy atom. The Hall–Kier alpha value is -2.44. The summed E-state index contributed by atoms with van der Waals surface area (Å²) < 4.78 is 0. The Morgan fingerprint density at radius 1 is 0.750 bits per heavy atom. The molecule has 0 aromatic heterocycles. The molecule has 4 N–H and O–H groups in total. The van der Waals surface area contributed by atoms with Crippen LogP contribution in [0.3, 0.4) is 0 Å². The molecule has 0 radical (unpaired) electrons. The van der Waals surface area contributed by atoms with Crippen LogP contribution in [0.1, 0.15) is 0 Å². The van der Waals surface area contributed by atoms with Crippen molar-refractivity contribution in [1.82, 2.24) is 10.6 Å². The SMILES string of the molecule is O=C(NCCNC(=O)Nc1cccc(Cl)c1)Nc1cccc(Cl)c1. The summed E-state index contributed by atoms with van der Waals surface area (Å²) in [5, 5.41) is 11.6. The summed E-state index contributed by atoms with van der Waals surface area (Å²) in [7, 11) is 0. The van der Waals surface area contributed by atoms with Crippen LogP contribution in [0.15, 0.2) is 48.5 Å². The smallest absolute Gasteiger partial charge is 0.319 e. The number of hydrogen-bond acceptors (Lipinski definition) is 2. The molecule has 2 aromatic rings. The quantitative estimate of drug-likeness (QED) is 0.604. The molecule has 8 heteroatoms. The van der Waals surface area contributed by atoms with E-state index in [0.29, 0.717) is 21.4 Å². The minimum Gasteiger partial charge on any atom is -0.336 e. The number of carbonyl (C=O) groups is 2. The van der Waals surface area contributed by atoms with Gasteiger partial charge < -0.3 is 21.3 Å². The van der Waals surface area contributed by atoms with E-state index in [1.165, 1.54) is 0 Å². The normalized spacial score (nSPS) is 9.92. The molecule has 24 heavy (non-hydrogen) atoms. The summed E-state index contributed by atoms with van der Waals surface area (Å²) in [6, 6.07) is 12.9. The van der Waals surface area contributed by atoms with Gasteiger partial charge in [0.05, 0.1) is 0 Å². The second kappa shape index (κ2) is 9.00. The van der Waals surface area contributed by atoms with Gasteiger partial charge in [0.1, 0.15) is 0 Å². The number of halogens is 2. The molecular formula is C16H16Cl2N4O2. The molecule has 0 spiro atoms. The van der Waals surface area contributed by atoms with E-state index in [4.69, 9.17) is 23.2 Å². The average Bonchev–Trinajstić information content (AvgIpc) is 2.51. The largest absolute Gasteiger partial charge is 0.336 e. The number of amides is 4. The molecule has 2 aromatic carbocycles. The molecule has 6 nitrogen and oxygen atoms in total. The van der Waals surface area contributed by atoms with Gasteiger partial charge >= 0.3 is 12.1 Å². The highest BCUT2D eigenvalue weighted by molar-refractivity contribution is 6.31. The van der Waals surface area contributed by atoms with Gasteiger partial charge in [-0.1, -0.05) is 35.3 Å². The minimum atomic E-state index is -0.380. The van der Waals surface area contributed by atoms with Crippen LogP contribution >= 0.6 is 23.2 Å². The lowest BCUT2D eigenvalue weighted by Gasteiger charge is -2.10. The molecular weight excluding hydrogens is 351 g/mol. The molecule has 0 aliphatic carbocycles. The van der Waals surface area contributed by atoms with Crippen molar-refractivity contribution in [3.63, 3.8) is 0 Å². The zero-order valence-corrected chi connectivity index (χ0v) is 14.1.